The molecule has 0 fully saturated rings. The molecule has 0 bridgehead atoms. The number of aryl methyl sites for hydroxylation is 1. The zero-order valence-electron chi connectivity index (χ0n) is 9.84. The van der Waals surface area contributed by atoms with E-state index >= 15 is 0 Å². The van der Waals surface area contributed by atoms with Crippen molar-refractivity contribution in [2.75, 3.05) is 18.3 Å². The fourth-order valence-electron chi connectivity index (χ4n) is 1.53. The van der Waals surface area contributed by atoms with Gasteiger partial charge in [0.25, 0.3) is 0 Å². The number of halogens is 2. The van der Waals surface area contributed by atoms with Crippen LogP contribution in [0.4, 0.5) is 0 Å². The van der Waals surface area contributed by atoms with Crippen molar-refractivity contribution in [3.63, 3.8) is 0 Å². The molecule has 5 heteroatoms. The predicted molar refractivity (Wildman–Crippen MR) is 69.4 cm³/mol. The van der Waals surface area contributed by atoms with Crippen LogP contribution in [-0.4, -0.2) is 33.4 Å². The van der Waals surface area contributed by atoms with Gasteiger partial charge in [-0.05, 0) is 13.3 Å². The predicted octanol–water partition coefficient (Wildman–Crippen LogP) is 2.41. The maximum absolute atomic E-state index is 5.95. The topological polar surface area (TPSA) is 29.9 Å². The number of nitrogens with one attached hydrogen (secondary N) is 1. The number of hydrogen-bond acceptors (Lipinski definition) is 2. The van der Waals surface area contributed by atoms with Gasteiger partial charge in [0.2, 0.25) is 0 Å². The largest absolute Gasteiger partial charge is 0.334 e. The van der Waals surface area contributed by atoms with E-state index in [1.165, 1.54) is 0 Å². The van der Waals surface area contributed by atoms with Gasteiger partial charge in [0, 0.05) is 42.8 Å². The third-order valence-corrected chi connectivity index (χ3v) is 3.99. The van der Waals surface area contributed by atoms with Crippen LogP contribution in [0.15, 0.2) is 12.4 Å². The summed E-state index contributed by atoms with van der Waals surface area (Å²) in [6.45, 7) is 5.84. The van der Waals surface area contributed by atoms with Crippen LogP contribution in [0.2, 0.25) is 0 Å². The van der Waals surface area contributed by atoms with E-state index in [0.29, 0.717) is 11.8 Å². The summed E-state index contributed by atoms with van der Waals surface area (Å²) in [4.78, 5) is 4.18. The summed E-state index contributed by atoms with van der Waals surface area (Å²) >= 11 is 11.9. The number of aromatic nitrogens is 2. The number of hydrogen-bond donors (Lipinski definition) is 1. The molecule has 16 heavy (non-hydrogen) atoms. The van der Waals surface area contributed by atoms with Crippen molar-refractivity contribution in [1.29, 1.82) is 0 Å². The van der Waals surface area contributed by atoms with Crippen LogP contribution in [0.5, 0.6) is 0 Å². The molecule has 0 saturated carbocycles. The molecule has 0 amide bonds. The minimum atomic E-state index is -0.141. The molecule has 1 N–H and O–H groups in total. The molecule has 0 aliphatic heterocycles. The first-order valence-electron chi connectivity index (χ1n) is 5.52. The molecule has 0 radical (unpaired) electrons. The Hall–Kier alpha value is -0.250. The van der Waals surface area contributed by atoms with Crippen LogP contribution in [0.1, 0.15) is 19.2 Å². The van der Waals surface area contributed by atoms with Gasteiger partial charge in [-0.25, -0.2) is 4.98 Å². The van der Waals surface area contributed by atoms with E-state index in [1.54, 1.807) is 0 Å². The third kappa shape index (κ3) is 3.37. The molecule has 0 unspecified atom stereocenters. The van der Waals surface area contributed by atoms with Crippen LogP contribution in [-0.2, 0) is 6.54 Å². The van der Waals surface area contributed by atoms with E-state index in [9.17, 15) is 0 Å². The van der Waals surface area contributed by atoms with E-state index in [-0.39, 0.29) is 5.54 Å². The highest BCUT2D eigenvalue weighted by atomic mass is 35.5. The minimum absolute atomic E-state index is 0.141. The Kier molecular flexibility index (Phi) is 5.59. The van der Waals surface area contributed by atoms with E-state index in [4.69, 9.17) is 23.2 Å². The van der Waals surface area contributed by atoms with Gasteiger partial charge in [0.15, 0.2) is 0 Å². The molecule has 0 aromatic carbocycles. The number of imidazole rings is 1. The highest BCUT2D eigenvalue weighted by molar-refractivity contribution is 6.22. The highest BCUT2D eigenvalue weighted by Gasteiger charge is 2.24. The Morgan fingerprint density at radius 1 is 1.44 bits per heavy atom. The fraction of sp³-hybridized carbons (Fsp3) is 0.727. The lowest BCUT2D eigenvalue weighted by Gasteiger charge is -2.29. The molecule has 0 aliphatic rings. The molecular weight excluding hydrogens is 245 g/mol. The first kappa shape index (κ1) is 13.8. The second kappa shape index (κ2) is 6.48. The molecule has 3 nitrogen and oxygen atoms in total. The summed E-state index contributed by atoms with van der Waals surface area (Å²) in [7, 11) is 0. The van der Waals surface area contributed by atoms with Crippen molar-refractivity contribution in [3.8, 4) is 0 Å². The standard InChI is InChI=1S/C11H19Cl2N3/c1-3-11(8-12,9-13)15-5-7-16-6-4-14-10(16)2/h4,6,15H,3,5,7-9H2,1-2H3. The van der Waals surface area contributed by atoms with Gasteiger partial charge in [-0.2, -0.15) is 0 Å². The lowest BCUT2D eigenvalue weighted by molar-refractivity contribution is 0.376. The zero-order chi connectivity index (χ0) is 12.0. The van der Waals surface area contributed by atoms with Gasteiger partial charge in [-0.1, -0.05) is 6.92 Å². The van der Waals surface area contributed by atoms with Crippen LogP contribution < -0.4 is 5.32 Å². The zero-order valence-corrected chi connectivity index (χ0v) is 11.4. The number of rotatable bonds is 7. The molecule has 0 spiro atoms. The Morgan fingerprint density at radius 3 is 2.56 bits per heavy atom. The van der Waals surface area contributed by atoms with Gasteiger partial charge < -0.3 is 9.88 Å². The number of nitrogens with zero attached hydrogens (tertiary/aromatic N) is 2. The SMILES string of the molecule is CCC(CCl)(CCl)NCCn1ccnc1C. The Balaban J connectivity index is 2.42. The fourth-order valence-corrected chi connectivity index (χ4v) is 2.38. The van der Waals surface area contributed by atoms with E-state index < -0.39 is 0 Å². The monoisotopic (exact) mass is 263 g/mol. The summed E-state index contributed by atoms with van der Waals surface area (Å²) in [6, 6.07) is 0. The van der Waals surface area contributed by atoms with Gasteiger partial charge in [-0.3, -0.25) is 0 Å². The molecule has 1 rings (SSSR count). The highest BCUT2D eigenvalue weighted by Crippen LogP contribution is 2.14. The molecule has 0 saturated heterocycles. The second-order valence-corrected chi connectivity index (χ2v) is 4.53. The molecule has 1 aromatic rings. The van der Waals surface area contributed by atoms with E-state index in [2.05, 4.69) is 21.8 Å². The molecule has 0 aliphatic carbocycles. The van der Waals surface area contributed by atoms with Gasteiger partial charge in [0.05, 0.1) is 0 Å². The van der Waals surface area contributed by atoms with Crippen molar-refractivity contribution in [3.05, 3.63) is 18.2 Å². The first-order chi connectivity index (χ1) is 7.67. The van der Waals surface area contributed by atoms with Gasteiger partial charge >= 0.3 is 0 Å². The summed E-state index contributed by atoms with van der Waals surface area (Å²) < 4.78 is 2.11. The van der Waals surface area contributed by atoms with Gasteiger partial charge in [-0.15, -0.1) is 23.2 Å². The molecule has 1 heterocycles. The van der Waals surface area contributed by atoms with Crippen LogP contribution in [0.25, 0.3) is 0 Å². The minimum Gasteiger partial charge on any atom is -0.334 e. The quantitative estimate of drug-likeness (QED) is 0.766. The summed E-state index contributed by atoms with van der Waals surface area (Å²) in [5, 5.41) is 3.44. The Bertz CT molecular complexity index is 300. The maximum Gasteiger partial charge on any atom is 0.105 e. The lowest BCUT2D eigenvalue weighted by atomic mass is 10.0. The lowest BCUT2D eigenvalue weighted by Crippen LogP contribution is -2.49. The Morgan fingerprint density at radius 2 is 2.12 bits per heavy atom. The van der Waals surface area contributed by atoms with Crippen molar-refractivity contribution in [2.24, 2.45) is 0 Å². The summed E-state index contributed by atoms with van der Waals surface area (Å²) in [6.07, 6.45) is 4.72. The first-order valence-corrected chi connectivity index (χ1v) is 6.59. The molecule has 0 atom stereocenters. The molecule has 1 aromatic heterocycles. The Labute approximate surface area is 107 Å². The van der Waals surface area contributed by atoms with Crippen molar-refractivity contribution in [2.45, 2.75) is 32.4 Å². The third-order valence-electron chi connectivity index (χ3n) is 2.96. The van der Waals surface area contributed by atoms with Crippen LogP contribution in [0.3, 0.4) is 0 Å². The second-order valence-electron chi connectivity index (χ2n) is 4.00. The molecular formula is C11H19Cl2N3. The van der Waals surface area contributed by atoms with Crippen LogP contribution in [0, 0.1) is 6.92 Å². The smallest absolute Gasteiger partial charge is 0.105 e. The molecule has 92 valence electrons. The van der Waals surface area contributed by atoms with Crippen LogP contribution >= 0.6 is 23.2 Å². The maximum atomic E-state index is 5.95. The average molecular weight is 264 g/mol. The normalized spacial score (nSPS) is 12.0. The van der Waals surface area contributed by atoms with Crippen molar-refractivity contribution < 1.29 is 0 Å². The van der Waals surface area contributed by atoms with Gasteiger partial charge in [0.1, 0.15) is 5.82 Å². The van der Waals surface area contributed by atoms with E-state index in [0.717, 1.165) is 25.3 Å². The van der Waals surface area contributed by atoms with Crippen molar-refractivity contribution in [1.82, 2.24) is 14.9 Å². The average Bonchev–Trinajstić information content (AvgIpc) is 2.71. The summed E-state index contributed by atoms with van der Waals surface area (Å²) in [5.74, 6) is 2.10. The van der Waals surface area contributed by atoms with Crippen molar-refractivity contribution >= 4 is 23.2 Å². The number of alkyl halides is 2. The summed E-state index contributed by atoms with van der Waals surface area (Å²) in [5.41, 5.74) is -0.141. The van der Waals surface area contributed by atoms with E-state index in [1.807, 2.05) is 19.3 Å².